The van der Waals surface area contributed by atoms with Crippen LogP contribution in [0.1, 0.15) is 80.4 Å². The molecule has 1 amide bonds. The van der Waals surface area contributed by atoms with Crippen molar-refractivity contribution >= 4 is 37.3 Å². The zero-order valence-corrected chi connectivity index (χ0v) is 21.4. The minimum Gasteiger partial charge on any atom is -0.414 e. The molecule has 1 saturated carbocycles. The Balaban J connectivity index is 1.86. The van der Waals surface area contributed by atoms with Crippen molar-refractivity contribution in [2.24, 2.45) is 0 Å². The van der Waals surface area contributed by atoms with E-state index in [1.54, 1.807) is 0 Å². The molecule has 3 rings (SSSR count). The SMILES string of the molecule is Cc1cc(C2CC2)ccc1C(=O)Nc1cccc(Br)c1C(C)(C)O[SiH2]C(C)(C)C. The van der Waals surface area contributed by atoms with Crippen molar-refractivity contribution in [3.63, 3.8) is 0 Å². The molecule has 3 nitrogen and oxygen atoms in total. The molecule has 2 aromatic carbocycles. The van der Waals surface area contributed by atoms with E-state index < -0.39 is 15.4 Å². The normalized spacial score (nSPS) is 15.1. The Labute approximate surface area is 185 Å². The first-order valence-electron chi connectivity index (χ1n) is 10.3. The van der Waals surface area contributed by atoms with Crippen molar-refractivity contribution in [3.05, 3.63) is 63.1 Å². The molecule has 1 fully saturated rings. The Morgan fingerprint density at radius 3 is 2.41 bits per heavy atom. The third-order valence-corrected chi connectivity index (χ3v) is 7.67. The summed E-state index contributed by atoms with van der Waals surface area (Å²) in [7, 11) is -0.755. The van der Waals surface area contributed by atoms with Crippen LogP contribution >= 0.6 is 15.9 Å². The first-order chi connectivity index (χ1) is 13.5. The highest BCUT2D eigenvalue weighted by molar-refractivity contribution is 9.10. The molecular weight excluding hydrogens is 442 g/mol. The zero-order valence-electron chi connectivity index (χ0n) is 18.4. The fourth-order valence-corrected chi connectivity index (χ4v) is 5.29. The smallest absolute Gasteiger partial charge is 0.255 e. The largest absolute Gasteiger partial charge is 0.414 e. The van der Waals surface area contributed by atoms with Gasteiger partial charge in [-0.25, -0.2) is 0 Å². The molecule has 2 aromatic rings. The summed E-state index contributed by atoms with van der Waals surface area (Å²) in [6.45, 7) is 12.8. The number of benzene rings is 2. The fraction of sp³-hybridized carbons (Fsp3) is 0.458. The Morgan fingerprint density at radius 2 is 1.83 bits per heavy atom. The van der Waals surface area contributed by atoms with Crippen LogP contribution in [-0.2, 0) is 10.0 Å². The van der Waals surface area contributed by atoms with Crippen molar-refractivity contribution < 1.29 is 9.22 Å². The van der Waals surface area contributed by atoms with Gasteiger partial charge < -0.3 is 9.74 Å². The van der Waals surface area contributed by atoms with Crippen molar-refractivity contribution in [1.82, 2.24) is 0 Å². The van der Waals surface area contributed by atoms with Gasteiger partial charge in [-0.3, -0.25) is 4.79 Å². The van der Waals surface area contributed by atoms with Gasteiger partial charge in [0.25, 0.3) is 5.91 Å². The van der Waals surface area contributed by atoms with Gasteiger partial charge in [0.1, 0.15) is 0 Å². The zero-order chi connectivity index (χ0) is 21.4. The molecule has 0 atom stereocenters. The second-order valence-electron chi connectivity index (χ2n) is 9.82. The number of hydrogen-bond acceptors (Lipinski definition) is 2. The number of carbonyl (C=O) groups excluding carboxylic acids is 1. The van der Waals surface area contributed by atoms with Crippen molar-refractivity contribution in [2.75, 3.05) is 5.32 Å². The summed E-state index contributed by atoms with van der Waals surface area (Å²) in [5, 5.41) is 3.34. The van der Waals surface area contributed by atoms with Gasteiger partial charge in [-0.1, -0.05) is 54.9 Å². The summed E-state index contributed by atoms with van der Waals surface area (Å²) in [6.07, 6.45) is 2.53. The molecule has 0 bridgehead atoms. The van der Waals surface area contributed by atoms with Gasteiger partial charge in [-0.05, 0) is 73.9 Å². The van der Waals surface area contributed by atoms with Crippen LogP contribution in [0.5, 0.6) is 0 Å². The molecule has 0 saturated heterocycles. The highest BCUT2D eigenvalue weighted by Gasteiger charge is 2.30. The monoisotopic (exact) mass is 473 g/mol. The first kappa shape index (κ1) is 22.3. The Hall–Kier alpha value is -1.43. The minimum atomic E-state index is -0.755. The van der Waals surface area contributed by atoms with E-state index in [1.807, 2.05) is 31.2 Å². The molecule has 29 heavy (non-hydrogen) atoms. The summed E-state index contributed by atoms with van der Waals surface area (Å²) in [4.78, 5) is 13.1. The third kappa shape index (κ3) is 5.59. The highest BCUT2D eigenvalue weighted by atomic mass is 79.9. The number of anilines is 1. The topological polar surface area (TPSA) is 38.3 Å². The number of aryl methyl sites for hydroxylation is 1. The molecule has 1 aliphatic rings. The lowest BCUT2D eigenvalue weighted by atomic mass is 9.96. The lowest BCUT2D eigenvalue weighted by Crippen LogP contribution is -2.29. The molecule has 1 N–H and O–H groups in total. The summed E-state index contributed by atoms with van der Waals surface area (Å²) in [5.74, 6) is 0.612. The fourth-order valence-electron chi connectivity index (χ4n) is 3.51. The summed E-state index contributed by atoms with van der Waals surface area (Å²) in [6, 6.07) is 12.1. The minimum absolute atomic E-state index is 0.0759. The van der Waals surface area contributed by atoms with Crippen molar-refractivity contribution in [3.8, 4) is 0 Å². The number of amides is 1. The Kier molecular flexibility index (Phi) is 6.42. The highest BCUT2D eigenvalue weighted by Crippen LogP contribution is 2.41. The summed E-state index contributed by atoms with van der Waals surface area (Å²) >= 11 is 3.68. The molecule has 0 aromatic heterocycles. The summed E-state index contributed by atoms with van der Waals surface area (Å²) in [5.41, 5.74) is 4.39. The van der Waals surface area contributed by atoms with E-state index in [9.17, 15) is 4.79 Å². The van der Waals surface area contributed by atoms with Gasteiger partial charge in [-0.2, -0.15) is 0 Å². The van der Waals surface area contributed by atoms with Crippen LogP contribution in [0.25, 0.3) is 0 Å². The van der Waals surface area contributed by atoms with Gasteiger partial charge in [-0.15, -0.1) is 0 Å². The van der Waals surface area contributed by atoms with Crippen LogP contribution < -0.4 is 5.32 Å². The van der Waals surface area contributed by atoms with Gasteiger partial charge in [0.05, 0.1) is 5.60 Å². The first-order valence-corrected chi connectivity index (χ1v) is 12.4. The van der Waals surface area contributed by atoms with E-state index in [2.05, 4.69) is 68.0 Å². The molecule has 5 heteroatoms. The van der Waals surface area contributed by atoms with E-state index in [1.165, 1.54) is 18.4 Å². The van der Waals surface area contributed by atoms with E-state index in [-0.39, 0.29) is 10.9 Å². The molecule has 0 aliphatic heterocycles. The van der Waals surface area contributed by atoms with Gasteiger partial charge in [0, 0.05) is 21.3 Å². The van der Waals surface area contributed by atoms with Gasteiger partial charge >= 0.3 is 0 Å². The van der Waals surface area contributed by atoms with Crippen molar-refractivity contribution in [2.45, 2.75) is 70.9 Å². The lowest BCUT2D eigenvalue weighted by Gasteiger charge is -2.33. The second-order valence-corrected chi connectivity index (χ2v) is 13.4. The number of halogens is 1. The quantitative estimate of drug-likeness (QED) is 0.489. The Bertz CT molecular complexity index is 914. The number of nitrogens with one attached hydrogen (secondary N) is 1. The average molecular weight is 475 g/mol. The van der Waals surface area contributed by atoms with E-state index in [0.29, 0.717) is 5.92 Å². The summed E-state index contributed by atoms with van der Waals surface area (Å²) < 4.78 is 7.37. The lowest BCUT2D eigenvalue weighted by molar-refractivity contribution is 0.102. The predicted octanol–water partition coefficient (Wildman–Crippen LogP) is 6.44. The molecule has 1 aliphatic carbocycles. The van der Waals surface area contributed by atoms with Crippen LogP contribution in [0.4, 0.5) is 5.69 Å². The maximum Gasteiger partial charge on any atom is 0.255 e. The molecule has 0 radical (unpaired) electrons. The molecule has 0 spiro atoms. The second kappa shape index (κ2) is 8.36. The van der Waals surface area contributed by atoms with Crippen LogP contribution in [0.15, 0.2) is 40.9 Å². The van der Waals surface area contributed by atoms with Crippen LogP contribution in [-0.4, -0.2) is 15.7 Å². The van der Waals surface area contributed by atoms with Crippen LogP contribution in [0.3, 0.4) is 0 Å². The van der Waals surface area contributed by atoms with Crippen LogP contribution in [0.2, 0.25) is 5.04 Å². The van der Waals surface area contributed by atoms with E-state index >= 15 is 0 Å². The number of hydrogen-bond donors (Lipinski definition) is 1. The molecule has 156 valence electrons. The molecule has 0 heterocycles. The molecular formula is C24H32BrNO2Si. The maximum absolute atomic E-state index is 13.1. The van der Waals surface area contributed by atoms with Gasteiger partial charge in [0.15, 0.2) is 9.76 Å². The average Bonchev–Trinajstić information content (AvgIpc) is 3.44. The van der Waals surface area contributed by atoms with E-state index in [4.69, 9.17) is 4.43 Å². The third-order valence-electron chi connectivity index (χ3n) is 5.27. The van der Waals surface area contributed by atoms with Crippen molar-refractivity contribution in [1.29, 1.82) is 0 Å². The van der Waals surface area contributed by atoms with Crippen LogP contribution in [0, 0.1) is 6.92 Å². The Morgan fingerprint density at radius 1 is 1.14 bits per heavy atom. The number of carbonyl (C=O) groups is 1. The number of rotatable bonds is 6. The standard InChI is InChI=1S/C24H32BrNO2Si/c1-15-14-17(16-10-11-16)12-13-18(15)22(27)26-20-9-7-8-19(25)21(20)24(5,6)28-29-23(2,3)4/h7-9,12-14,16H,10-11,29H2,1-6H3,(H,26,27). The van der Waals surface area contributed by atoms with E-state index in [0.717, 1.165) is 26.9 Å². The maximum atomic E-state index is 13.1. The molecule has 0 unspecified atom stereocenters. The predicted molar refractivity (Wildman–Crippen MR) is 128 cm³/mol. The van der Waals surface area contributed by atoms with Gasteiger partial charge in [0.2, 0.25) is 0 Å².